The first-order chi connectivity index (χ1) is 8.40. The van der Waals surface area contributed by atoms with Gasteiger partial charge in [0.05, 0.1) is 12.2 Å². The molecule has 1 aromatic carbocycles. The van der Waals surface area contributed by atoms with Gasteiger partial charge in [-0.05, 0) is 37.7 Å². The van der Waals surface area contributed by atoms with Gasteiger partial charge in [-0.25, -0.2) is 0 Å². The second kappa shape index (κ2) is 6.77. The van der Waals surface area contributed by atoms with E-state index in [9.17, 15) is 0 Å². The van der Waals surface area contributed by atoms with Gasteiger partial charge in [-0.1, -0.05) is 30.3 Å². The largest absolute Gasteiger partial charge is 0.378 e. The summed E-state index contributed by atoms with van der Waals surface area (Å²) in [4.78, 5) is 0. The van der Waals surface area contributed by atoms with Gasteiger partial charge < -0.3 is 9.47 Å². The Morgan fingerprint density at radius 2 is 2.12 bits per heavy atom. The molecule has 17 heavy (non-hydrogen) atoms. The lowest BCUT2D eigenvalue weighted by atomic mass is 9.99. The number of rotatable bonds is 5. The zero-order chi connectivity index (χ0) is 11.9. The fraction of sp³-hybridized carbons (Fsp3) is 0.600. The van der Waals surface area contributed by atoms with Crippen molar-refractivity contribution in [3.8, 4) is 0 Å². The molecule has 0 radical (unpaired) electrons. The van der Waals surface area contributed by atoms with E-state index in [1.807, 2.05) is 6.07 Å². The molecule has 2 nitrogen and oxygen atoms in total. The van der Waals surface area contributed by atoms with Gasteiger partial charge in [0.25, 0.3) is 0 Å². The van der Waals surface area contributed by atoms with Crippen molar-refractivity contribution in [2.75, 3.05) is 13.7 Å². The summed E-state index contributed by atoms with van der Waals surface area (Å²) in [5.41, 5.74) is 1.27. The van der Waals surface area contributed by atoms with E-state index in [0.29, 0.717) is 6.10 Å². The minimum Gasteiger partial charge on any atom is -0.378 e. The van der Waals surface area contributed by atoms with E-state index in [0.717, 1.165) is 19.4 Å². The van der Waals surface area contributed by atoms with Crippen molar-refractivity contribution in [3.05, 3.63) is 35.9 Å². The van der Waals surface area contributed by atoms with Crippen LogP contribution in [0.4, 0.5) is 0 Å². The maximum absolute atomic E-state index is 5.75. The minimum atomic E-state index is 0.210. The third-order valence-electron chi connectivity index (χ3n) is 3.48. The van der Waals surface area contributed by atoms with Crippen molar-refractivity contribution in [2.24, 2.45) is 0 Å². The van der Waals surface area contributed by atoms with E-state index in [1.54, 1.807) is 7.11 Å². The minimum absolute atomic E-state index is 0.210. The Morgan fingerprint density at radius 1 is 1.29 bits per heavy atom. The quantitative estimate of drug-likeness (QED) is 0.773. The van der Waals surface area contributed by atoms with Crippen LogP contribution in [0.2, 0.25) is 0 Å². The lowest BCUT2D eigenvalue weighted by Gasteiger charge is -2.24. The van der Waals surface area contributed by atoms with Crippen LogP contribution in [0.15, 0.2) is 30.3 Å². The van der Waals surface area contributed by atoms with E-state index in [1.165, 1.54) is 24.8 Å². The molecule has 2 heteroatoms. The van der Waals surface area contributed by atoms with Crippen molar-refractivity contribution in [1.82, 2.24) is 0 Å². The van der Waals surface area contributed by atoms with Crippen molar-refractivity contribution in [3.63, 3.8) is 0 Å². The molecular formula is C15H22O2. The van der Waals surface area contributed by atoms with Crippen LogP contribution >= 0.6 is 0 Å². The molecule has 0 bridgehead atoms. The molecule has 2 unspecified atom stereocenters. The molecule has 94 valence electrons. The Balaban J connectivity index is 1.83. The van der Waals surface area contributed by atoms with Crippen molar-refractivity contribution in [2.45, 2.75) is 44.3 Å². The Morgan fingerprint density at radius 3 is 2.76 bits per heavy atom. The molecule has 2 rings (SSSR count). The van der Waals surface area contributed by atoms with Gasteiger partial charge in [0, 0.05) is 13.7 Å². The van der Waals surface area contributed by atoms with Gasteiger partial charge in [0.1, 0.15) is 0 Å². The Labute approximate surface area is 104 Å². The van der Waals surface area contributed by atoms with E-state index in [4.69, 9.17) is 9.47 Å². The fourth-order valence-electron chi connectivity index (χ4n) is 2.46. The number of hydrogen-bond donors (Lipinski definition) is 0. The summed E-state index contributed by atoms with van der Waals surface area (Å²) < 4.78 is 11.3. The highest BCUT2D eigenvalue weighted by atomic mass is 16.5. The summed E-state index contributed by atoms with van der Waals surface area (Å²) in [5, 5.41) is 0. The summed E-state index contributed by atoms with van der Waals surface area (Å²) in [6.07, 6.45) is 6.56. The normalized spacial score (nSPS) is 22.3. The third kappa shape index (κ3) is 3.83. The van der Waals surface area contributed by atoms with Gasteiger partial charge >= 0.3 is 0 Å². The van der Waals surface area contributed by atoms with Crippen LogP contribution in [0.3, 0.4) is 0 Å². The first kappa shape index (κ1) is 12.6. The van der Waals surface area contributed by atoms with Gasteiger partial charge in [-0.15, -0.1) is 0 Å². The van der Waals surface area contributed by atoms with Crippen molar-refractivity contribution < 1.29 is 9.47 Å². The third-order valence-corrected chi connectivity index (χ3v) is 3.48. The van der Waals surface area contributed by atoms with Crippen LogP contribution < -0.4 is 0 Å². The molecule has 0 amide bonds. The highest BCUT2D eigenvalue weighted by Gasteiger charge is 2.17. The average Bonchev–Trinajstić information content (AvgIpc) is 2.42. The summed E-state index contributed by atoms with van der Waals surface area (Å²) >= 11 is 0. The SMILES string of the molecule is COC(CCC1CCCCO1)c1ccccc1. The highest BCUT2D eigenvalue weighted by molar-refractivity contribution is 5.17. The van der Waals surface area contributed by atoms with Crippen LogP contribution in [0.25, 0.3) is 0 Å². The Hall–Kier alpha value is -0.860. The van der Waals surface area contributed by atoms with E-state index >= 15 is 0 Å². The molecule has 0 saturated carbocycles. The Kier molecular flexibility index (Phi) is 5.02. The number of hydrogen-bond acceptors (Lipinski definition) is 2. The van der Waals surface area contributed by atoms with E-state index in [2.05, 4.69) is 24.3 Å². The predicted molar refractivity (Wildman–Crippen MR) is 69.0 cm³/mol. The van der Waals surface area contributed by atoms with Gasteiger partial charge in [-0.3, -0.25) is 0 Å². The standard InChI is InChI=1S/C15H22O2/c1-16-15(13-7-3-2-4-8-13)11-10-14-9-5-6-12-17-14/h2-4,7-8,14-15H,5-6,9-12H2,1H3. The van der Waals surface area contributed by atoms with Gasteiger partial charge in [0.2, 0.25) is 0 Å². The molecule has 1 heterocycles. The fourth-order valence-corrected chi connectivity index (χ4v) is 2.46. The van der Waals surface area contributed by atoms with Gasteiger partial charge in [-0.2, -0.15) is 0 Å². The number of methoxy groups -OCH3 is 1. The summed E-state index contributed by atoms with van der Waals surface area (Å²) in [6.45, 7) is 0.938. The van der Waals surface area contributed by atoms with Crippen LogP contribution in [0.1, 0.15) is 43.8 Å². The van der Waals surface area contributed by atoms with Crippen molar-refractivity contribution in [1.29, 1.82) is 0 Å². The molecule has 0 spiro atoms. The molecule has 0 N–H and O–H groups in total. The number of ether oxygens (including phenoxy) is 2. The Bertz CT molecular complexity index is 304. The zero-order valence-electron chi connectivity index (χ0n) is 10.6. The lowest BCUT2D eigenvalue weighted by molar-refractivity contribution is -0.00244. The molecule has 1 aliphatic heterocycles. The van der Waals surface area contributed by atoms with E-state index in [-0.39, 0.29) is 6.10 Å². The maximum atomic E-state index is 5.75. The van der Waals surface area contributed by atoms with E-state index < -0.39 is 0 Å². The maximum Gasteiger partial charge on any atom is 0.0822 e. The first-order valence-electron chi connectivity index (χ1n) is 6.59. The molecule has 2 atom stereocenters. The number of benzene rings is 1. The van der Waals surface area contributed by atoms with Crippen LogP contribution in [0.5, 0.6) is 0 Å². The molecule has 1 saturated heterocycles. The monoisotopic (exact) mass is 234 g/mol. The predicted octanol–water partition coefficient (Wildman–Crippen LogP) is 3.72. The van der Waals surface area contributed by atoms with Crippen LogP contribution in [-0.2, 0) is 9.47 Å². The summed E-state index contributed by atoms with van der Waals surface area (Å²) in [6, 6.07) is 10.4. The van der Waals surface area contributed by atoms with Crippen LogP contribution in [0, 0.1) is 0 Å². The second-order valence-electron chi connectivity index (χ2n) is 4.70. The zero-order valence-corrected chi connectivity index (χ0v) is 10.6. The molecule has 1 aromatic rings. The average molecular weight is 234 g/mol. The molecule has 1 fully saturated rings. The van der Waals surface area contributed by atoms with Crippen LogP contribution in [-0.4, -0.2) is 19.8 Å². The summed E-state index contributed by atoms with van der Waals surface area (Å²) in [5.74, 6) is 0. The molecule has 0 aromatic heterocycles. The second-order valence-corrected chi connectivity index (χ2v) is 4.70. The molecule has 0 aliphatic carbocycles. The first-order valence-corrected chi connectivity index (χ1v) is 6.59. The van der Waals surface area contributed by atoms with Gasteiger partial charge in [0.15, 0.2) is 0 Å². The smallest absolute Gasteiger partial charge is 0.0822 e. The summed E-state index contributed by atoms with van der Waals surface area (Å²) in [7, 11) is 1.79. The van der Waals surface area contributed by atoms with Crippen molar-refractivity contribution >= 4 is 0 Å². The molecular weight excluding hydrogens is 212 g/mol. The topological polar surface area (TPSA) is 18.5 Å². The molecule has 1 aliphatic rings. The lowest BCUT2D eigenvalue weighted by Crippen LogP contribution is -2.20. The highest BCUT2D eigenvalue weighted by Crippen LogP contribution is 2.25.